The standard InChI is InChI=1S/C24H30O3.C14H22O3/c1-6-17(2)10-9-15-24(4,5)27-23(26)18(3)22(25)21-14-13-19-11-7-8-12-20(19)16-21;1-6-14(5,9-7-8-11(2)3)17-13(16)10-12(4)15/h6-8,11-14,16-18H,1,9-10,15H2,2-5H3;6,8H,1,7,9-10H2,2-5H3. The quantitative estimate of drug-likeness (QED) is 0.0822. The van der Waals surface area contributed by atoms with E-state index in [1.54, 1.807) is 26.0 Å². The SMILES string of the molecule is C=CC(C)(CCC=C(C)C)OC(=O)CC(C)=O.C=CC(C)CCCC(C)(C)OC(=O)C(C)C(=O)c1ccc2ccccc2c1. The maximum Gasteiger partial charge on any atom is 0.317 e. The zero-order valence-corrected chi connectivity index (χ0v) is 28.0. The fourth-order valence-electron chi connectivity index (χ4n) is 4.42. The number of ether oxygens (including phenoxy) is 2. The predicted octanol–water partition coefficient (Wildman–Crippen LogP) is 9.17. The number of carbonyl (C=O) groups excluding carboxylic acids is 4. The number of rotatable bonds is 16. The predicted molar refractivity (Wildman–Crippen MR) is 179 cm³/mol. The van der Waals surface area contributed by atoms with Crippen LogP contribution in [0.3, 0.4) is 0 Å². The van der Waals surface area contributed by atoms with Crippen molar-refractivity contribution in [2.45, 2.75) is 105 Å². The maximum absolute atomic E-state index is 12.7. The molecule has 3 unspecified atom stereocenters. The van der Waals surface area contributed by atoms with E-state index in [-0.39, 0.29) is 18.0 Å². The van der Waals surface area contributed by atoms with Crippen LogP contribution in [0.4, 0.5) is 0 Å². The molecule has 0 aromatic heterocycles. The second-order valence-corrected chi connectivity index (χ2v) is 12.6. The lowest BCUT2D eigenvalue weighted by molar-refractivity contribution is -0.160. The van der Waals surface area contributed by atoms with Crippen LogP contribution < -0.4 is 0 Å². The van der Waals surface area contributed by atoms with Crippen LogP contribution in [0.15, 0.2) is 79.4 Å². The number of allylic oxidation sites excluding steroid dienone is 3. The first-order valence-corrected chi connectivity index (χ1v) is 15.4. The molecule has 0 bridgehead atoms. The van der Waals surface area contributed by atoms with E-state index in [1.165, 1.54) is 12.5 Å². The van der Waals surface area contributed by atoms with Crippen molar-refractivity contribution in [1.82, 2.24) is 0 Å². The Kier molecular flexibility index (Phi) is 15.7. The fourth-order valence-corrected chi connectivity index (χ4v) is 4.42. The van der Waals surface area contributed by atoms with Gasteiger partial charge < -0.3 is 9.47 Å². The van der Waals surface area contributed by atoms with Gasteiger partial charge in [0.15, 0.2) is 5.78 Å². The number of hydrogen-bond acceptors (Lipinski definition) is 6. The van der Waals surface area contributed by atoms with Crippen LogP contribution in [0.25, 0.3) is 10.8 Å². The van der Waals surface area contributed by atoms with Gasteiger partial charge in [-0.2, -0.15) is 0 Å². The lowest BCUT2D eigenvalue weighted by atomic mass is 9.95. The molecule has 0 aliphatic carbocycles. The van der Waals surface area contributed by atoms with Gasteiger partial charge in [-0.1, -0.05) is 67.6 Å². The Labute approximate surface area is 264 Å². The van der Waals surface area contributed by atoms with Crippen LogP contribution in [0, 0.1) is 11.8 Å². The molecule has 0 spiro atoms. The molecule has 0 heterocycles. The lowest BCUT2D eigenvalue weighted by Gasteiger charge is -2.27. The van der Waals surface area contributed by atoms with Gasteiger partial charge in [0.2, 0.25) is 0 Å². The van der Waals surface area contributed by atoms with E-state index in [2.05, 4.69) is 26.2 Å². The molecular weight excluding hydrogens is 552 g/mol. The minimum absolute atomic E-state index is 0.175. The first-order valence-electron chi connectivity index (χ1n) is 15.4. The second-order valence-electron chi connectivity index (χ2n) is 12.6. The zero-order valence-electron chi connectivity index (χ0n) is 28.0. The van der Waals surface area contributed by atoms with Gasteiger partial charge in [-0.25, -0.2) is 0 Å². The Hall–Kier alpha value is -3.80. The average Bonchev–Trinajstić information content (AvgIpc) is 2.95. The summed E-state index contributed by atoms with van der Waals surface area (Å²) in [4.78, 5) is 47.5. The van der Waals surface area contributed by atoms with Gasteiger partial charge in [0.1, 0.15) is 29.3 Å². The van der Waals surface area contributed by atoms with E-state index < -0.39 is 29.1 Å². The number of Topliss-reactive ketones (excluding diaryl/α,β-unsaturated/α-hetero) is 2. The second kappa shape index (κ2) is 18.1. The third-order valence-electron chi connectivity index (χ3n) is 7.36. The number of hydrogen-bond donors (Lipinski definition) is 0. The Morgan fingerprint density at radius 2 is 1.52 bits per heavy atom. The highest BCUT2D eigenvalue weighted by atomic mass is 16.6. The lowest BCUT2D eigenvalue weighted by Crippen LogP contribution is -2.33. The van der Waals surface area contributed by atoms with Gasteiger partial charge in [0.25, 0.3) is 0 Å². The molecule has 3 atom stereocenters. The van der Waals surface area contributed by atoms with Crippen molar-refractivity contribution in [3.05, 3.63) is 85.0 Å². The first kappa shape index (κ1) is 38.2. The molecule has 0 saturated heterocycles. The Morgan fingerprint density at radius 3 is 2.09 bits per heavy atom. The number of ketones is 2. The molecule has 0 N–H and O–H groups in total. The van der Waals surface area contributed by atoms with Crippen LogP contribution in [0.5, 0.6) is 0 Å². The van der Waals surface area contributed by atoms with Crippen molar-refractivity contribution in [2.24, 2.45) is 11.8 Å². The Balaban J connectivity index is 0.000000493. The third-order valence-corrected chi connectivity index (χ3v) is 7.36. The van der Waals surface area contributed by atoms with E-state index in [9.17, 15) is 19.2 Å². The molecule has 2 rings (SSSR count). The van der Waals surface area contributed by atoms with Gasteiger partial charge >= 0.3 is 11.9 Å². The van der Waals surface area contributed by atoms with Crippen molar-refractivity contribution in [3.63, 3.8) is 0 Å². The van der Waals surface area contributed by atoms with Crippen molar-refractivity contribution in [3.8, 4) is 0 Å². The van der Waals surface area contributed by atoms with Gasteiger partial charge in [-0.3, -0.25) is 19.2 Å². The molecule has 2 aromatic carbocycles. The molecule has 44 heavy (non-hydrogen) atoms. The highest BCUT2D eigenvalue weighted by Crippen LogP contribution is 2.24. The smallest absolute Gasteiger partial charge is 0.317 e. The van der Waals surface area contributed by atoms with Crippen LogP contribution in [-0.4, -0.2) is 34.7 Å². The number of benzene rings is 2. The van der Waals surface area contributed by atoms with Crippen molar-refractivity contribution < 1.29 is 28.7 Å². The summed E-state index contributed by atoms with van der Waals surface area (Å²) < 4.78 is 10.9. The molecular formula is C38H52O6. The Morgan fingerprint density at radius 1 is 0.886 bits per heavy atom. The highest BCUT2D eigenvalue weighted by Gasteiger charge is 2.30. The molecule has 0 saturated carbocycles. The van der Waals surface area contributed by atoms with E-state index >= 15 is 0 Å². The van der Waals surface area contributed by atoms with E-state index in [4.69, 9.17) is 9.47 Å². The van der Waals surface area contributed by atoms with E-state index in [1.807, 2.05) is 70.2 Å². The number of carbonyl (C=O) groups is 4. The van der Waals surface area contributed by atoms with Crippen molar-refractivity contribution in [2.75, 3.05) is 0 Å². The number of esters is 2. The monoisotopic (exact) mass is 604 g/mol. The summed E-state index contributed by atoms with van der Waals surface area (Å²) in [5.41, 5.74) is 0.483. The Bertz CT molecular complexity index is 1330. The molecule has 6 nitrogen and oxygen atoms in total. The van der Waals surface area contributed by atoms with Crippen LogP contribution >= 0.6 is 0 Å². The van der Waals surface area contributed by atoms with Crippen LogP contribution in [0.1, 0.15) is 104 Å². The highest BCUT2D eigenvalue weighted by molar-refractivity contribution is 6.09. The maximum atomic E-state index is 12.7. The molecule has 0 aliphatic rings. The van der Waals surface area contributed by atoms with Gasteiger partial charge in [0.05, 0.1) is 0 Å². The topological polar surface area (TPSA) is 86.7 Å². The van der Waals surface area contributed by atoms with Crippen molar-refractivity contribution >= 4 is 34.3 Å². The van der Waals surface area contributed by atoms with Crippen molar-refractivity contribution in [1.29, 1.82) is 0 Å². The third kappa shape index (κ3) is 14.1. The molecule has 0 aliphatic heterocycles. The van der Waals surface area contributed by atoms with Crippen LogP contribution in [0.2, 0.25) is 0 Å². The van der Waals surface area contributed by atoms with Gasteiger partial charge in [-0.05, 0) is 109 Å². The van der Waals surface area contributed by atoms with Gasteiger partial charge in [-0.15, -0.1) is 6.58 Å². The zero-order chi connectivity index (χ0) is 33.5. The minimum atomic E-state index is -0.822. The molecule has 0 amide bonds. The molecule has 2 aromatic rings. The van der Waals surface area contributed by atoms with E-state index in [0.717, 1.165) is 36.5 Å². The normalized spacial score (nSPS) is 13.6. The van der Waals surface area contributed by atoms with E-state index in [0.29, 0.717) is 17.9 Å². The summed E-state index contributed by atoms with van der Waals surface area (Å²) in [5, 5.41) is 2.06. The first-order chi connectivity index (χ1) is 20.5. The summed E-state index contributed by atoms with van der Waals surface area (Å²) in [6.07, 6.45) is 9.66. The number of fused-ring (bicyclic) bond motifs is 1. The van der Waals surface area contributed by atoms with Gasteiger partial charge in [0, 0.05) is 5.56 Å². The molecule has 0 fully saturated rings. The molecule has 6 heteroatoms. The summed E-state index contributed by atoms with van der Waals surface area (Å²) in [7, 11) is 0. The summed E-state index contributed by atoms with van der Waals surface area (Å²) >= 11 is 0. The average molecular weight is 605 g/mol. The fraction of sp³-hybridized carbons (Fsp3) is 0.474. The van der Waals surface area contributed by atoms with Crippen LogP contribution in [-0.2, 0) is 23.9 Å². The summed E-state index contributed by atoms with van der Waals surface area (Å²) in [5.74, 6) is -1.72. The summed E-state index contributed by atoms with van der Waals surface area (Å²) in [6, 6.07) is 13.4. The molecule has 0 radical (unpaired) electrons. The minimum Gasteiger partial charge on any atom is -0.459 e. The molecule has 240 valence electrons. The largest absolute Gasteiger partial charge is 0.459 e. The summed E-state index contributed by atoms with van der Waals surface area (Å²) in [6.45, 7) is 22.2.